The van der Waals surface area contributed by atoms with Gasteiger partial charge in [0.05, 0.1) is 19.8 Å². The van der Waals surface area contributed by atoms with Crippen LogP contribution in [0.2, 0.25) is 0 Å². The number of methoxy groups -OCH3 is 2. The van der Waals surface area contributed by atoms with Crippen LogP contribution < -0.4 is 4.74 Å². The van der Waals surface area contributed by atoms with Crippen LogP contribution in [0, 0.1) is 0 Å². The molecule has 0 heterocycles. The molecule has 0 saturated carbocycles. The lowest BCUT2D eigenvalue weighted by Crippen LogP contribution is -2.20. The second kappa shape index (κ2) is 5.74. The Labute approximate surface area is 114 Å². The fraction of sp³-hybridized carbons (Fsp3) is 0.312. The van der Waals surface area contributed by atoms with E-state index in [2.05, 4.69) is 24.1 Å². The van der Waals surface area contributed by atoms with Crippen molar-refractivity contribution in [2.24, 2.45) is 4.99 Å². The second-order valence-electron chi connectivity index (χ2n) is 4.71. The average molecular weight is 257 g/mol. The first-order chi connectivity index (χ1) is 9.17. The van der Waals surface area contributed by atoms with Gasteiger partial charge in [0, 0.05) is 11.8 Å². The molecule has 0 fully saturated rings. The van der Waals surface area contributed by atoms with Crippen molar-refractivity contribution < 1.29 is 9.47 Å². The number of rotatable bonds is 4. The van der Waals surface area contributed by atoms with E-state index in [0.717, 1.165) is 23.5 Å². The molecule has 0 aromatic heterocycles. The lowest BCUT2D eigenvalue weighted by atomic mass is 9.93. The van der Waals surface area contributed by atoms with E-state index in [1.54, 1.807) is 14.2 Å². The zero-order chi connectivity index (χ0) is 13.7. The number of nitrogens with zero attached hydrogens (tertiary/aromatic N) is 1. The second-order valence-corrected chi connectivity index (χ2v) is 4.71. The number of allylic oxidation sites excluding steroid dienone is 1. The van der Waals surface area contributed by atoms with E-state index in [0.29, 0.717) is 0 Å². The van der Waals surface area contributed by atoms with E-state index in [1.165, 1.54) is 0 Å². The van der Waals surface area contributed by atoms with Gasteiger partial charge in [0.15, 0.2) is 0 Å². The summed E-state index contributed by atoms with van der Waals surface area (Å²) in [7, 11) is 3.35. The Morgan fingerprint density at radius 3 is 2.63 bits per heavy atom. The summed E-state index contributed by atoms with van der Waals surface area (Å²) < 4.78 is 10.5. The van der Waals surface area contributed by atoms with E-state index in [9.17, 15) is 0 Å². The Morgan fingerprint density at radius 1 is 1.21 bits per heavy atom. The van der Waals surface area contributed by atoms with Crippen molar-refractivity contribution in [1.29, 1.82) is 0 Å². The van der Waals surface area contributed by atoms with E-state index in [1.807, 2.05) is 36.6 Å². The third kappa shape index (κ3) is 3.25. The summed E-state index contributed by atoms with van der Waals surface area (Å²) in [5.74, 6) is 1.73. The van der Waals surface area contributed by atoms with Crippen LogP contribution in [0.3, 0.4) is 0 Å². The Kier molecular flexibility index (Phi) is 4.05. The van der Waals surface area contributed by atoms with Gasteiger partial charge in [-0.15, -0.1) is 0 Å². The standard InChI is InChI=1S/C16H19NO2/c1-16(10-8-14(18-2)9-11-16)17-12-13-6-4-5-7-15(13)19-3/h4-10,12H,11H2,1-3H3/b17-12+. The average Bonchev–Trinajstić information content (AvgIpc) is 2.46. The Balaban J connectivity index is 2.15. The van der Waals surface area contributed by atoms with Crippen molar-refractivity contribution in [2.75, 3.05) is 14.2 Å². The maximum Gasteiger partial charge on any atom is 0.127 e. The highest BCUT2D eigenvalue weighted by Crippen LogP contribution is 2.25. The topological polar surface area (TPSA) is 30.8 Å². The molecule has 0 saturated heterocycles. The van der Waals surface area contributed by atoms with Crippen LogP contribution >= 0.6 is 0 Å². The smallest absolute Gasteiger partial charge is 0.127 e. The lowest BCUT2D eigenvalue weighted by molar-refractivity contribution is 0.300. The quantitative estimate of drug-likeness (QED) is 0.774. The minimum atomic E-state index is -0.219. The number of ether oxygens (including phenoxy) is 2. The molecule has 3 nitrogen and oxygen atoms in total. The molecule has 0 bridgehead atoms. The lowest BCUT2D eigenvalue weighted by Gasteiger charge is -2.23. The van der Waals surface area contributed by atoms with Gasteiger partial charge in [-0.2, -0.15) is 0 Å². The normalized spacial score (nSPS) is 22.4. The largest absolute Gasteiger partial charge is 0.497 e. The zero-order valence-electron chi connectivity index (χ0n) is 11.6. The van der Waals surface area contributed by atoms with Crippen molar-refractivity contribution in [2.45, 2.75) is 18.9 Å². The first-order valence-electron chi connectivity index (χ1n) is 6.28. The molecular formula is C16H19NO2. The van der Waals surface area contributed by atoms with E-state index < -0.39 is 0 Å². The van der Waals surface area contributed by atoms with Gasteiger partial charge in [0.25, 0.3) is 0 Å². The minimum absolute atomic E-state index is 0.219. The molecule has 1 aromatic rings. The molecule has 0 spiro atoms. The maximum atomic E-state index is 5.31. The van der Waals surface area contributed by atoms with Gasteiger partial charge in [0.2, 0.25) is 0 Å². The molecule has 1 aromatic carbocycles. The van der Waals surface area contributed by atoms with Crippen LogP contribution in [0.4, 0.5) is 0 Å². The number of hydrogen-bond donors (Lipinski definition) is 0. The molecule has 1 unspecified atom stereocenters. The van der Waals surface area contributed by atoms with Crippen molar-refractivity contribution in [3.05, 3.63) is 53.8 Å². The predicted octanol–water partition coefficient (Wildman–Crippen LogP) is 3.36. The first kappa shape index (κ1) is 13.4. The molecule has 3 heteroatoms. The molecule has 0 aliphatic heterocycles. The van der Waals surface area contributed by atoms with Crippen LogP contribution in [0.15, 0.2) is 53.2 Å². The van der Waals surface area contributed by atoms with Crippen LogP contribution in [-0.4, -0.2) is 26.0 Å². The highest BCUT2D eigenvalue weighted by Gasteiger charge is 2.21. The molecule has 1 aliphatic carbocycles. The predicted molar refractivity (Wildman–Crippen MR) is 77.8 cm³/mol. The highest BCUT2D eigenvalue weighted by molar-refractivity contribution is 5.83. The summed E-state index contributed by atoms with van der Waals surface area (Å²) in [6, 6.07) is 7.86. The Morgan fingerprint density at radius 2 is 2.00 bits per heavy atom. The van der Waals surface area contributed by atoms with Crippen molar-refractivity contribution in [3.63, 3.8) is 0 Å². The molecule has 0 N–H and O–H groups in total. The summed E-state index contributed by atoms with van der Waals surface area (Å²) in [6.45, 7) is 2.10. The van der Waals surface area contributed by atoms with Crippen LogP contribution in [-0.2, 0) is 4.74 Å². The summed E-state index contributed by atoms with van der Waals surface area (Å²) in [6.07, 6.45) is 8.79. The minimum Gasteiger partial charge on any atom is -0.497 e. The third-order valence-corrected chi connectivity index (χ3v) is 3.20. The monoisotopic (exact) mass is 257 g/mol. The van der Waals surface area contributed by atoms with Gasteiger partial charge in [-0.1, -0.05) is 18.2 Å². The van der Waals surface area contributed by atoms with Crippen LogP contribution in [0.5, 0.6) is 5.75 Å². The van der Waals surface area contributed by atoms with Crippen molar-refractivity contribution in [1.82, 2.24) is 0 Å². The maximum absolute atomic E-state index is 5.31. The third-order valence-electron chi connectivity index (χ3n) is 3.20. The number of para-hydroxylation sites is 1. The molecule has 19 heavy (non-hydrogen) atoms. The Bertz CT molecular complexity index is 531. The van der Waals surface area contributed by atoms with E-state index >= 15 is 0 Å². The number of benzene rings is 1. The zero-order valence-corrected chi connectivity index (χ0v) is 11.6. The van der Waals surface area contributed by atoms with E-state index in [4.69, 9.17) is 9.47 Å². The van der Waals surface area contributed by atoms with E-state index in [-0.39, 0.29) is 5.54 Å². The van der Waals surface area contributed by atoms with Crippen LogP contribution in [0.25, 0.3) is 0 Å². The number of hydrogen-bond acceptors (Lipinski definition) is 3. The summed E-state index contributed by atoms with van der Waals surface area (Å²) in [5, 5.41) is 0. The van der Waals surface area contributed by atoms with Gasteiger partial charge in [-0.05, 0) is 37.6 Å². The summed E-state index contributed by atoms with van der Waals surface area (Å²) in [4.78, 5) is 4.67. The van der Waals surface area contributed by atoms with Gasteiger partial charge in [-0.25, -0.2) is 0 Å². The molecule has 2 rings (SSSR count). The van der Waals surface area contributed by atoms with Crippen molar-refractivity contribution >= 4 is 6.21 Å². The summed E-state index contributed by atoms with van der Waals surface area (Å²) in [5.41, 5.74) is 0.768. The summed E-state index contributed by atoms with van der Waals surface area (Å²) >= 11 is 0. The molecule has 0 amide bonds. The molecule has 100 valence electrons. The van der Waals surface area contributed by atoms with Gasteiger partial charge >= 0.3 is 0 Å². The molecule has 1 atom stereocenters. The first-order valence-corrected chi connectivity index (χ1v) is 6.28. The molecule has 1 aliphatic rings. The molecule has 0 radical (unpaired) electrons. The molecular weight excluding hydrogens is 238 g/mol. The van der Waals surface area contributed by atoms with Crippen LogP contribution in [0.1, 0.15) is 18.9 Å². The Hall–Kier alpha value is -2.03. The fourth-order valence-electron chi connectivity index (χ4n) is 1.94. The number of aliphatic imine (C=N–C) groups is 1. The van der Waals surface area contributed by atoms with Gasteiger partial charge < -0.3 is 9.47 Å². The fourth-order valence-corrected chi connectivity index (χ4v) is 1.94. The SMILES string of the molecule is COC1=CCC(C)(/N=C/c2ccccc2OC)C=C1. The van der Waals surface area contributed by atoms with Gasteiger partial charge in [0.1, 0.15) is 11.5 Å². The van der Waals surface area contributed by atoms with Gasteiger partial charge in [-0.3, -0.25) is 4.99 Å². The van der Waals surface area contributed by atoms with Crippen molar-refractivity contribution in [3.8, 4) is 5.75 Å². The highest BCUT2D eigenvalue weighted by atomic mass is 16.5.